The maximum atomic E-state index is 11.5. The van der Waals surface area contributed by atoms with Gasteiger partial charge in [0.1, 0.15) is 0 Å². The Balaban J connectivity index is 0. The third-order valence-corrected chi connectivity index (χ3v) is 0.966. The molecule has 0 aromatic rings. The molecule has 70 valence electrons. The van der Waals surface area contributed by atoms with Gasteiger partial charge in [-0.2, -0.15) is 13.2 Å². The first kappa shape index (κ1) is 13.6. The molecular weight excluding hydrogens is 183 g/mol. The molecule has 11 heavy (non-hydrogen) atoms. The van der Waals surface area contributed by atoms with Gasteiger partial charge in [0.05, 0.1) is 0 Å². The van der Waals surface area contributed by atoms with Crippen molar-refractivity contribution in [2.45, 2.75) is 19.2 Å². The van der Waals surface area contributed by atoms with E-state index < -0.39 is 18.8 Å². The Kier molecular flexibility index (Phi) is 6.94. The summed E-state index contributed by atoms with van der Waals surface area (Å²) in [4.78, 5) is 0. The highest BCUT2D eigenvalue weighted by atomic mass is 35.5. The molecule has 0 aromatic heterocycles. The summed E-state index contributed by atoms with van der Waals surface area (Å²) in [6, 6.07) is 0. The van der Waals surface area contributed by atoms with Crippen LogP contribution in [-0.2, 0) is 0 Å². The van der Waals surface area contributed by atoms with Crippen molar-refractivity contribution < 1.29 is 18.3 Å². The fourth-order valence-corrected chi connectivity index (χ4v) is 0.397. The molecule has 1 atom stereocenters. The van der Waals surface area contributed by atoms with Crippen LogP contribution in [0.3, 0.4) is 0 Å². The molecular formula is C5H11ClF3NO. The first-order valence-electron chi connectivity index (χ1n) is 2.94. The second-order valence-corrected chi connectivity index (χ2v) is 1.87. The molecule has 0 unspecified atom stereocenters. The van der Waals surface area contributed by atoms with Crippen molar-refractivity contribution in [1.29, 1.82) is 0 Å². The standard InChI is InChI=1S/C5H10F3NO.ClH/c1-2-9-3-4(10)5(6,7)8;/h4,9-10H,2-3H2,1H3;1H/t4-;/m0./s1. The lowest BCUT2D eigenvalue weighted by Gasteiger charge is -2.13. The van der Waals surface area contributed by atoms with E-state index in [-0.39, 0.29) is 12.4 Å². The van der Waals surface area contributed by atoms with E-state index in [1.54, 1.807) is 6.92 Å². The molecule has 0 aromatic carbocycles. The van der Waals surface area contributed by atoms with Crippen molar-refractivity contribution in [3.8, 4) is 0 Å². The summed E-state index contributed by atoms with van der Waals surface area (Å²) in [7, 11) is 0. The Morgan fingerprint density at radius 3 is 2.18 bits per heavy atom. The summed E-state index contributed by atoms with van der Waals surface area (Å²) >= 11 is 0. The highest BCUT2D eigenvalue weighted by Gasteiger charge is 2.37. The third-order valence-electron chi connectivity index (χ3n) is 0.966. The van der Waals surface area contributed by atoms with Crippen LogP contribution in [0.25, 0.3) is 0 Å². The van der Waals surface area contributed by atoms with E-state index in [0.29, 0.717) is 6.54 Å². The van der Waals surface area contributed by atoms with Gasteiger partial charge < -0.3 is 10.4 Å². The van der Waals surface area contributed by atoms with Gasteiger partial charge >= 0.3 is 6.18 Å². The first-order valence-corrected chi connectivity index (χ1v) is 2.94. The molecule has 0 saturated heterocycles. The summed E-state index contributed by atoms with van der Waals surface area (Å²) in [5, 5.41) is 10.7. The van der Waals surface area contributed by atoms with Crippen molar-refractivity contribution in [1.82, 2.24) is 5.32 Å². The summed E-state index contributed by atoms with van der Waals surface area (Å²) in [6.07, 6.45) is -6.74. The summed E-state index contributed by atoms with van der Waals surface area (Å²) in [5.41, 5.74) is 0. The number of hydrogen-bond acceptors (Lipinski definition) is 2. The minimum Gasteiger partial charge on any atom is -0.382 e. The number of hydrogen-bond donors (Lipinski definition) is 2. The largest absolute Gasteiger partial charge is 0.415 e. The minimum atomic E-state index is -4.50. The predicted octanol–water partition coefficient (Wildman–Crippen LogP) is 0.941. The molecule has 2 N–H and O–H groups in total. The van der Waals surface area contributed by atoms with Crippen LogP contribution in [0.2, 0.25) is 0 Å². The van der Waals surface area contributed by atoms with Crippen LogP contribution in [0.15, 0.2) is 0 Å². The maximum absolute atomic E-state index is 11.5. The molecule has 0 amide bonds. The molecule has 0 fully saturated rings. The molecule has 0 aliphatic carbocycles. The lowest BCUT2D eigenvalue weighted by Crippen LogP contribution is -2.38. The van der Waals surface area contributed by atoms with Gasteiger partial charge in [0.25, 0.3) is 0 Å². The van der Waals surface area contributed by atoms with Crippen molar-refractivity contribution in [2.75, 3.05) is 13.1 Å². The van der Waals surface area contributed by atoms with Crippen molar-refractivity contribution in [3.05, 3.63) is 0 Å². The van der Waals surface area contributed by atoms with E-state index in [4.69, 9.17) is 5.11 Å². The Bertz CT molecular complexity index is 98.2. The van der Waals surface area contributed by atoms with E-state index in [9.17, 15) is 13.2 Å². The topological polar surface area (TPSA) is 32.3 Å². The van der Waals surface area contributed by atoms with Gasteiger partial charge in [0, 0.05) is 6.54 Å². The zero-order chi connectivity index (χ0) is 8.20. The Labute approximate surface area is 69.2 Å². The van der Waals surface area contributed by atoms with Gasteiger partial charge in [-0.1, -0.05) is 6.92 Å². The quantitative estimate of drug-likeness (QED) is 0.699. The zero-order valence-corrected chi connectivity index (χ0v) is 6.80. The van der Waals surface area contributed by atoms with Gasteiger partial charge in [0.2, 0.25) is 0 Å². The average molecular weight is 194 g/mol. The molecule has 0 saturated carbocycles. The van der Waals surface area contributed by atoms with Gasteiger partial charge in [0.15, 0.2) is 6.10 Å². The van der Waals surface area contributed by atoms with Crippen LogP contribution in [-0.4, -0.2) is 30.5 Å². The van der Waals surface area contributed by atoms with Gasteiger partial charge in [-0.15, -0.1) is 12.4 Å². The fraction of sp³-hybridized carbons (Fsp3) is 1.00. The summed E-state index contributed by atoms with van der Waals surface area (Å²) in [6.45, 7) is 1.66. The molecule has 0 rings (SSSR count). The lowest BCUT2D eigenvalue weighted by molar-refractivity contribution is -0.201. The third kappa shape index (κ3) is 6.40. The maximum Gasteiger partial charge on any atom is 0.415 e. The van der Waals surface area contributed by atoms with E-state index in [1.807, 2.05) is 0 Å². The SMILES string of the molecule is CCNC[C@H](O)C(F)(F)F.Cl. The summed E-state index contributed by atoms with van der Waals surface area (Å²) < 4.78 is 34.4. The molecule has 0 aliphatic rings. The van der Waals surface area contributed by atoms with Crippen molar-refractivity contribution >= 4 is 12.4 Å². The number of nitrogens with one attached hydrogen (secondary N) is 1. The second kappa shape index (κ2) is 5.62. The van der Waals surface area contributed by atoms with E-state index in [2.05, 4.69) is 5.32 Å². The molecule has 0 bridgehead atoms. The van der Waals surface area contributed by atoms with Crippen molar-refractivity contribution in [3.63, 3.8) is 0 Å². The number of halogens is 4. The van der Waals surface area contributed by atoms with Crippen LogP contribution in [0, 0.1) is 0 Å². The van der Waals surface area contributed by atoms with E-state index >= 15 is 0 Å². The number of aliphatic hydroxyl groups is 1. The molecule has 0 aliphatic heterocycles. The number of alkyl halides is 3. The van der Waals surface area contributed by atoms with Gasteiger partial charge in [-0.3, -0.25) is 0 Å². The molecule has 0 heterocycles. The fourth-order valence-electron chi connectivity index (χ4n) is 0.397. The van der Waals surface area contributed by atoms with E-state index in [0.717, 1.165) is 0 Å². The highest BCUT2D eigenvalue weighted by Crippen LogP contribution is 2.18. The normalized spacial score (nSPS) is 13.9. The monoisotopic (exact) mass is 193 g/mol. The second-order valence-electron chi connectivity index (χ2n) is 1.87. The van der Waals surface area contributed by atoms with Gasteiger partial charge in [-0.25, -0.2) is 0 Å². The zero-order valence-electron chi connectivity index (χ0n) is 5.98. The minimum absolute atomic E-state index is 0. The smallest absolute Gasteiger partial charge is 0.382 e. The number of aliphatic hydroxyl groups excluding tert-OH is 1. The van der Waals surface area contributed by atoms with Gasteiger partial charge in [-0.05, 0) is 6.54 Å². The Morgan fingerprint density at radius 2 is 1.91 bits per heavy atom. The number of rotatable bonds is 3. The van der Waals surface area contributed by atoms with E-state index in [1.165, 1.54) is 0 Å². The molecule has 0 spiro atoms. The predicted molar refractivity (Wildman–Crippen MR) is 37.9 cm³/mol. The first-order chi connectivity index (χ1) is 4.48. The number of likely N-dealkylation sites (N-methyl/N-ethyl adjacent to an activating group) is 1. The van der Waals surface area contributed by atoms with Crippen molar-refractivity contribution in [2.24, 2.45) is 0 Å². The van der Waals surface area contributed by atoms with Crippen LogP contribution >= 0.6 is 12.4 Å². The molecule has 6 heteroatoms. The molecule has 0 radical (unpaired) electrons. The Morgan fingerprint density at radius 1 is 1.45 bits per heavy atom. The highest BCUT2D eigenvalue weighted by molar-refractivity contribution is 5.85. The van der Waals surface area contributed by atoms with Crippen LogP contribution in [0.4, 0.5) is 13.2 Å². The van der Waals surface area contributed by atoms with Crippen LogP contribution in [0.1, 0.15) is 6.92 Å². The van der Waals surface area contributed by atoms with Crippen LogP contribution < -0.4 is 5.32 Å². The molecule has 2 nitrogen and oxygen atoms in total. The lowest BCUT2D eigenvalue weighted by atomic mass is 10.3. The summed E-state index contributed by atoms with van der Waals surface area (Å²) in [5.74, 6) is 0. The average Bonchev–Trinajstić information content (AvgIpc) is 1.80. The Hall–Kier alpha value is -0.0000000000000000555. The van der Waals surface area contributed by atoms with Crippen LogP contribution in [0.5, 0.6) is 0 Å².